The number of cyclic esters (lactones) is 1. The molecule has 0 aliphatic carbocycles. The van der Waals surface area contributed by atoms with Crippen LogP contribution in [0.25, 0.3) is 0 Å². The zero-order valence-corrected chi connectivity index (χ0v) is 10.7. The van der Waals surface area contributed by atoms with Crippen molar-refractivity contribution in [2.24, 2.45) is 0 Å². The van der Waals surface area contributed by atoms with Gasteiger partial charge in [0.25, 0.3) is 0 Å². The number of imide groups is 1. The van der Waals surface area contributed by atoms with Gasteiger partial charge in [0.1, 0.15) is 17.8 Å². The highest BCUT2D eigenvalue weighted by Crippen LogP contribution is 2.18. The molecule has 17 heavy (non-hydrogen) atoms. The fraction of sp³-hybridized carbons (Fsp3) is 0.800. The van der Waals surface area contributed by atoms with Gasteiger partial charge in [-0.2, -0.15) is 0 Å². The Bertz CT molecular complexity index is 314. The van der Waals surface area contributed by atoms with Crippen LogP contribution >= 0.6 is 11.6 Å². The summed E-state index contributed by atoms with van der Waals surface area (Å²) >= 11 is 5.44. The Balaban J connectivity index is 2.62. The van der Waals surface area contributed by atoms with Gasteiger partial charge in [-0.25, -0.2) is 14.5 Å². The van der Waals surface area contributed by atoms with Crippen molar-refractivity contribution in [3.8, 4) is 0 Å². The average Bonchev–Trinajstić information content (AvgIpc) is 2.56. The summed E-state index contributed by atoms with van der Waals surface area (Å²) < 4.78 is 9.84. The number of rotatable bonds is 2. The number of alkyl halides is 1. The van der Waals surface area contributed by atoms with Gasteiger partial charge in [0.15, 0.2) is 0 Å². The molecule has 1 fully saturated rings. The first-order valence-electron chi connectivity index (χ1n) is 5.20. The lowest BCUT2D eigenvalue weighted by Crippen LogP contribution is -2.39. The fourth-order valence-electron chi connectivity index (χ4n) is 1.25. The molecule has 0 bridgehead atoms. The third kappa shape index (κ3) is 3.74. The molecule has 1 saturated heterocycles. The van der Waals surface area contributed by atoms with Crippen LogP contribution in [0.4, 0.5) is 9.59 Å². The predicted octanol–water partition coefficient (Wildman–Crippen LogP) is 1.34. The zero-order chi connectivity index (χ0) is 13.2. The molecule has 98 valence electrons. The minimum Gasteiger partial charge on any atom is -0.443 e. The number of carbonyl (C=O) groups is 2. The number of aliphatic hydroxyl groups is 1. The van der Waals surface area contributed by atoms with Crippen LogP contribution in [0.3, 0.4) is 0 Å². The lowest BCUT2D eigenvalue weighted by Gasteiger charge is -2.22. The van der Waals surface area contributed by atoms with Crippen molar-refractivity contribution in [1.29, 1.82) is 0 Å². The van der Waals surface area contributed by atoms with E-state index in [1.165, 1.54) is 0 Å². The Morgan fingerprint density at radius 3 is 2.76 bits per heavy atom. The van der Waals surface area contributed by atoms with Gasteiger partial charge < -0.3 is 14.6 Å². The van der Waals surface area contributed by atoms with Crippen molar-refractivity contribution >= 4 is 23.8 Å². The van der Waals surface area contributed by atoms with Crippen molar-refractivity contribution in [3.05, 3.63) is 0 Å². The molecule has 1 heterocycles. The number of aliphatic hydroxyl groups excluding tert-OH is 1. The summed E-state index contributed by atoms with van der Waals surface area (Å²) in [7, 11) is 0. The van der Waals surface area contributed by atoms with Crippen molar-refractivity contribution in [2.75, 3.05) is 12.4 Å². The van der Waals surface area contributed by atoms with Crippen molar-refractivity contribution in [3.63, 3.8) is 0 Å². The summed E-state index contributed by atoms with van der Waals surface area (Å²) in [6.45, 7) is 5.02. The van der Waals surface area contributed by atoms with Crippen LogP contribution in [0.15, 0.2) is 0 Å². The molecule has 1 rings (SSSR count). The van der Waals surface area contributed by atoms with Gasteiger partial charge in [-0.15, -0.1) is 11.6 Å². The Morgan fingerprint density at radius 1 is 1.71 bits per heavy atom. The molecule has 7 heteroatoms. The molecule has 2 unspecified atom stereocenters. The van der Waals surface area contributed by atoms with E-state index < -0.39 is 30.0 Å². The van der Waals surface area contributed by atoms with E-state index in [1.807, 2.05) is 0 Å². The average molecular weight is 266 g/mol. The molecule has 1 aliphatic rings. The minimum atomic E-state index is -0.993. The summed E-state index contributed by atoms with van der Waals surface area (Å²) in [6.07, 6.45) is -3.40. The summed E-state index contributed by atoms with van der Waals surface area (Å²) in [5.41, 5.74) is -0.694. The highest BCUT2D eigenvalue weighted by Gasteiger charge is 2.41. The Hall–Kier alpha value is -1.01. The normalized spacial score (nSPS) is 22.3. The number of amides is 2. The maximum atomic E-state index is 11.6. The predicted molar refractivity (Wildman–Crippen MR) is 59.9 cm³/mol. The van der Waals surface area contributed by atoms with E-state index in [1.54, 1.807) is 20.8 Å². The number of hydrogen-bond acceptors (Lipinski definition) is 5. The summed E-state index contributed by atoms with van der Waals surface area (Å²) in [6, 6.07) is 0. The number of carbonyl (C=O) groups excluding carboxylic acids is 2. The van der Waals surface area contributed by atoms with Crippen LogP contribution in [-0.2, 0) is 9.47 Å². The first-order chi connectivity index (χ1) is 7.74. The minimum absolute atomic E-state index is 0.0539. The van der Waals surface area contributed by atoms with E-state index in [4.69, 9.17) is 21.1 Å². The molecule has 0 saturated carbocycles. The lowest BCUT2D eigenvalue weighted by molar-refractivity contribution is 0.0339. The Kier molecular flexibility index (Phi) is 4.21. The van der Waals surface area contributed by atoms with Crippen molar-refractivity contribution in [1.82, 2.24) is 4.90 Å². The van der Waals surface area contributed by atoms with E-state index in [0.717, 1.165) is 4.90 Å². The maximum absolute atomic E-state index is 11.6. The molecule has 0 aromatic rings. The highest BCUT2D eigenvalue weighted by atomic mass is 35.5. The summed E-state index contributed by atoms with van der Waals surface area (Å²) in [5, 5.41) is 9.42. The van der Waals surface area contributed by atoms with Gasteiger partial charge in [-0.3, -0.25) is 0 Å². The molecule has 0 radical (unpaired) electrons. The second-order valence-electron chi connectivity index (χ2n) is 4.73. The van der Waals surface area contributed by atoms with E-state index >= 15 is 0 Å². The molecule has 0 aromatic carbocycles. The molecular formula is C10H16ClNO5. The van der Waals surface area contributed by atoms with Crippen LogP contribution in [0.2, 0.25) is 0 Å². The molecule has 0 spiro atoms. The van der Waals surface area contributed by atoms with Gasteiger partial charge in [-0.05, 0) is 20.8 Å². The van der Waals surface area contributed by atoms with E-state index in [0.29, 0.717) is 0 Å². The van der Waals surface area contributed by atoms with Gasteiger partial charge in [0, 0.05) is 0 Å². The number of ether oxygens (including phenoxy) is 2. The van der Waals surface area contributed by atoms with E-state index in [9.17, 15) is 14.7 Å². The second kappa shape index (κ2) is 5.10. The fourth-order valence-corrected chi connectivity index (χ4v) is 1.45. The highest BCUT2D eigenvalue weighted by molar-refractivity contribution is 6.18. The van der Waals surface area contributed by atoms with Crippen LogP contribution in [0.1, 0.15) is 20.8 Å². The molecular weight excluding hydrogens is 250 g/mol. The molecule has 1 aliphatic heterocycles. The van der Waals surface area contributed by atoms with Gasteiger partial charge in [-0.1, -0.05) is 0 Å². The van der Waals surface area contributed by atoms with Crippen LogP contribution in [-0.4, -0.2) is 52.4 Å². The molecule has 1 N–H and O–H groups in total. The molecule has 2 atom stereocenters. The maximum Gasteiger partial charge on any atom is 0.419 e. The van der Waals surface area contributed by atoms with Gasteiger partial charge in [0.05, 0.1) is 12.4 Å². The quantitative estimate of drug-likeness (QED) is 0.763. The second-order valence-corrected chi connectivity index (χ2v) is 5.04. The van der Waals surface area contributed by atoms with E-state index in [2.05, 4.69) is 0 Å². The van der Waals surface area contributed by atoms with Crippen LogP contribution in [0, 0.1) is 0 Å². The first-order valence-corrected chi connectivity index (χ1v) is 5.73. The smallest absolute Gasteiger partial charge is 0.419 e. The van der Waals surface area contributed by atoms with Crippen LogP contribution in [0.5, 0.6) is 0 Å². The standard InChI is InChI=1S/C10H16ClNO5/c1-10(2,3)17-9(15)12-5-7(6(13)4-11)16-8(12)14/h6-7,13H,4-5H2,1-3H3. The third-order valence-corrected chi connectivity index (χ3v) is 2.35. The Morgan fingerprint density at radius 2 is 2.29 bits per heavy atom. The summed E-state index contributed by atoms with van der Waals surface area (Å²) in [5.74, 6) is -0.0693. The SMILES string of the molecule is CC(C)(C)OC(=O)N1CC(C(O)CCl)OC1=O. The largest absolute Gasteiger partial charge is 0.443 e. The molecule has 2 amide bonds. The first kappa shape index (κ1) is 14.1. The van der Waals surface area contributed by atoms with Gasteiger partial charge in [0.2, 0.25) is 0 Å². The Labute approximate surface area is 104 Å². The topological polar surface area (TPSA) is 76.1 Å². The number of halogens is 1. The van der Waals surface area contributed by atoms with Crippen molar-refractivity contribution in [2.45, 2.75) is 38.6 Å². The van der Waals surface area contributed by atoms with E-state index in [-0.39, 0.29) is 12.4 Å². The van der Waals surface area contributed by atoms with Gasteiger partial charge >= 0.3 is 12.2 Å². The molecule has 6 nitrogen and oxygen atoms in total. The third-order valence-electron chi connectivity index (χ3n) is 2.04. The zero-order valence-electron chi connectivity index (χ0n) is 9.97. The lowest BCUT2D eigenvalue weighted by atomic mass is 10.2. The monoisotopic (exact) mass is 265 g/mol. The number of hydrogen-bond donors (Lipinski definition) is 1. The number of nitrogens with zero attached hydrogens (tertiary/aromatic N) is 1. The van der Waals surface area contributed by atoms with Crippen molar-refractivity contribution < 1.29 is 24.2 Å². The summed E-state index contributed by atoms with van der Waals surface area (Å²) in [4.78, 5) is 23.8. The molecule has 0 aromatic heterocycles. The van der Waals surface area contributed by atoms with Crippen LogP contribution < -0.4 is 0 Å².